The molecule has 3 aromatic rings. The van der Waals surface area contributed by atoms with Crippen LogP contribution in [0.2, 0.25) is 0 Å². The van der Waals surface area contributed by atoms with Crippen LogP contribution in [0.3, 0.4) is 0 Å². The molecule has 170 valence electrons. The molecule has 0 spiro atoms. The lowest BCUT2D eigenvalue weighted by molar-refractivity contribution is 0.0677. The molecule has 1 fully saturated rings. The van der Waals surface area contributed by atoms with Crippen LogP contribution in [0.4, 0.5) is 5.69 Å². The first-order valence-electron chi connectivity index (χ1n) is 10.9. The summed E-state index contributed by atoms with van der Waals surface area (Å²) < 4.78 is 12.1. The summed E-state index contributed by atoms with van der Waals surface area (Å²) in [6, 6.07) is 21.8. The first-order chi connectivity index (χ1) is 16.1. The summed E-state index contributed by atoms with van der Waals surface area (Å²) in [5, 5.41) is 5.74. The molecule has 0 aromatic heterocycles. The third-order valence-electron chi connectivity index (χ3n) is 5.32. The highest BCUT2D eigenvalue weighted by Crippen LogP contribution is 2.27. The lowest BCUT2D eigenvalue weighted by Gasteiger charge is -2.13. The van der Waals surface area contributed by atoms with Crippen LogP contribution in [-0.2, 0) is 11.3 Å². The van der Waals surface area contributed by atoms with E-state index in [1.807, 2.05) is 30.3 Å². The van der Waals surface area contributed by atoms with Gasteiger partial charge in [-0.25, -0.2) is 0 Å². The Kier molecular flexibility index (Phi) is 7.75. The Morgan fingerprint density at radius 2 is 1.79 bits per heavy atom. The predicted molar refractivity (Wildman–Crippen MR) is 131 cm³/mol. The summed E-state index contributed by atoms with van der Waals surface area (Å²) in [5.74, 6) is 0.188. The van der Waals surface area contributed by atoms with Gasteiger partial charge in [0.15, 0.2) is 0 Å². The van der Waals surface area contributed by atoms with Gasteiger partial charge in [-0.2, -0.15) is 0 Å². The number of hydrogen-bond acceptors (Lipinski definition) is 4. The minimum atomic E-state index is -0.275. The number of hydrogen-bond donors (Lipinski definition) is 2. The lowest BCUT2D eigenvalue weighted by atomic mass is 10.1. The molecule has 1 heterocycles. The number of anilines is 1. The van der Waals surface area contributed by atoms with Crippen LogP contribution < -0.4 is 15.4 Å². The molecule has 33 heavy (non-hydrogen) atoms. The molecule has 2 amide bonds. The van der Waals surface area contributed by atoms with Crippen molar-refractivity contribution in [2.45, 2.75) is 25.5 Å². The van der Waals surface area contributed by atoms with Gasteiger partial charge in [-0.05, 0) is 70.7 Å². The topological polar surface area (TPSA) is 76.7 Å². The number of carbonyl (C=O) groups is 2. The molecule has 4 rings (SSSR count). The normalized spacial score (nSPS) is 15.1. The Bertz CT molecular complexity index is 1110. The van der Waals surface area contributed by atoms with Gasteiger partial charge in [0.05, 0.1) is 10.6 Å². The smallest absolute Gasteiger partial charge is 0.255 e. The summed E-state index contributed by atoms with van der Waals surface area (Å²) in [6.45, 7) is 1.71. The first kappa shape index (κ1) is 23.0. The fourth-order valence-corrected chi connectivity index (χ4v) is 4.03. The van der Waals surface area contributed by atoms with Crippen molar-refractivity contribution in [1.82, 2.24) is 5.32 Å². The highest BCUT2D eigenvalue weighted by molar-refractivity contribution is 9.10. The Morgan fingerprint density at radius 3 is 2.55 bits per heavy atom. The van der Waals surface area contributed by atoms with Crippen molar-refractivity contribution in [1.29, 1.82) is 0 Å². The van der Waals surface area contributed by atoms with E-state index in [-0.39, 0.29) is 17.9 Å². The zero-order valence-corrected chi connectivity index (χ0v) is 19.6. The summed E-state index contributed by atoms with van der Waals surface area (Å²) in [7, 11) is 0. The average Bonchev–Trinajstić information content (AvgIpc) is 3.36. The number of nitrogens with one attached hydrogen (secondary N) is 2. The van der Waals surface area contributed by atoms with E-state index in [9.17, 15) is 9.59 Å². The highest BCUT2D eigenvalue weighted by atomic mass is 79.9. The van der Waals surface area contributed by atoms with Crippen molar-refractivity contribution in [3.8, 4) is 5.75 Å². The van der Waals surface area contributed by atoms with Gasteiger partial charge in [0.25, 0.3) is 11.8 Å². The van der Waals surface area contributed by atoms with E-state index < -0.39 is 0 Å². The summed E-state index contributed by atoms with van der Waals surface area (Å²) in [5.41, 5.74) is 2.51. The van der Waals surface area contributed by atoms with E-state index in [1.54, 1.807) is 42.5 Å². The predicted octanol–water partition coefficient (Wildman–Crippen LogP) is 5.19. The van der Waals surface area contributed by atoms with Gasteiger partial charge in [0, 0.05) is 30.0 Å². The SMILES string of the molecule is O=C(NCc1ccccc1)c1cccc(NC(=O)c2ccc(OCC3CCCO3)c(Br)c2)c1. The molecule has 0 aliphatic carbocycles. The van der Waals surface area contributed by atoms with Crippen LogP contribution in [0.5, 0.6) is 5.75 Å². The zero-order valence-electron chi connectivity index (χ0n) is 18.1. The van der Waals surface area contributed by atoms with E-state index in [2.05, 4.69) is 26.6 Å². The molecule has 7 heteroatoms. The maximum Gasteiger partial charge on any atom is 0.255 e. The second-order valence-electron chi connectivity index (χ2n) is 7.79. The lowest BCUT2D eigenvalue weighted by Crippen LogP contribution is -2.23. The summed E-state index contributed by atoms with van der Waals surface area (Å²) >= 11 is 3.48. The van der Waals surface area contributed by atoms with Crippen molar-refractivity contribution in [2.24, 2.45) is 0 Å². The molecule has 0 bridgehead atoms. The number of carbonyl (C=O) groups excluding carboxylic acids is 2. The van der Waals surface area contributed by atoms with E-state index in [4.69, 9.17) is 9.47 Å². The molecule has 2 N–H and O–H groups in total. The second kappa shape index (κ2) is 11.1. The zero-order chi connectivity index (χ0) is 23.0. The molecule has 3 aromatic carbocycles. The van der Waals surface area contributed by atoms with Gasteiger partial charge >= 0.3 is 0 Å². The van der Waals surface area contributed by atoms with Gasteiger partial charge in [0.1, 0.15) is 12.4 Å². The molecule has 1 atom stereocenters. The third-order valence-corrected chi connectivity index (χ3v) is 5.94. The maximum absolute atomic E-state index is 12.7. The van der Waals surface area contributed by atoms with Crippen LogP contribution in [0.25, 0.3) is 0 Å². The van der Waals surface area contributed by atoms with Gasteiger partial charge in [-0.1, -0.05) is 36.4 Å². The Balaban J connectivity index is 1.35. The van der Waals surface area contributed by atoms with Crippen molar-refractivity contribution in [3.05, 3.63) is 94.0 Å². The fourth-order valence-electron chi connectivity index (χ4n) is 3.54. The minimum Gasteiger partial charge on any atom is -0.490 e. The first-order valence-corrected chi connectivity index (χ1v) is 11.7. The number of halogens is 1. The average molecular weight is 509 g/mol. The standard InChI is InChI=1S/C26H25BrN2O4/c27-23-15-20(11-12-24(23)33-17-22-10-5-13-32-22)26(31)29-21-9-4-8-19(14-21)25(30)28-16-18-6-2-1-3-7-18/h1-4,6-9,11-12,14-15,22H,5,10,13,16-17H2,(H,28,30)(H,29,31). The quantitative estimate of drug-likeness (QED) is 0.438. The van der Waals surface area contributed by atoms with E-state index in [0.717, 1.165) is 25.0 Å². The van der Waals surface area contributed by atoms with Crippen LogP contribution in [0, 0.1) is 0 Å². The second-order valence-corrected chi connectivity index (χ2v) is 8.65. The van der Waals surface area contributed by atoms with Crippen molar-refractivity contribution in [2.75, 3.05) is 18.5 Å². The van der Waals surface area contributed by atoms with E-state index in [1.165, 1.54) is 0 Å². The Labute approximate surface area is 201 Å². The van der Waals surface area contributed by atoms with Gasteiger partial charge in [-0.15, -0.1) is 0 Å². The number of amides is 2. The van der Waals surface area contributed by atoms with Gasteiger partial charge < -0.3 is 20.1 Å². The largest absolute Gasteiger partial charge is 0.490 e. The molecule has 1 unspecified atom stereocenters. The molecular weight excluding hydrogens is 484 g/mol. The highest BCUT2D eigenvalue weighted by Gasteiger charge is 2.17. The van der Waals surface area contributed by atoms with Crippen LogP contribution in [-0.4, -0.2) is 31.1 Å². The molecule has 1 aliphatic rings. The van der Waals surface area contributed by atoms with Crippen molar-refractivity contribution in [3.63, 3.8) is 0 Å². The van der Waals surface area contributed by atoms with Crippen molar-refractivity contribution < 1.29 is 19.1 Å². The molecule has 0 saturated carbocycles. The number of rotatable bonds is 8. The van der Waals surface area contributed by atoms with Gasteiger partial charge in [-0.3, -0.25) is 9.59 Å². The summed E-state index contributed by atoms with van der Waals surface area (Å²) in [6.07, 6.45) is 2.18. The fraction of sp³-hybridized carbons (Fsp3) is 0.231. The molecular formula is C26H25BrN2O4. The Morgan fingerprint density at radius 1 is 0.970 bits per heavy atom. The molecule has 0 radical (unpaired) electrons. The van der Waals surface area contributed by atoms with Crippen molar-refractivity contribution >= 4 is 33.4 Å². The van der Waals surface area contributed by atoms with Gasteiger partial charge in [0.2, 0.25) is 0 Å². The van der Waals surface area contributed by atoms with E-state index in [0.29, 0.717) is 40.2 Å². The minimum absolute atomic E-state index is 0.122. The molecule has 1 aliphatic heterocycles. The number of ether oxygens (including phenoxy) is 2. The van der Waals surface area contributed by atoms with Crippen LogP contribution in [0.1, 0.15) is 39.1 Å². The van der Waals surface area contributed by atoms with E-state index >= 15 is 0 Å². The number of benzene rings is 3. The van der Waals surface area contributed by atoms with Crippen LogP contribution in [0.15, 0.2) is 77.3 Å². The monoisotopic (exact) mass is 508 g/mol. The summed E-state index contributed by atoms with van der Waals surface area (Å²) in [4.78, 5) is 25.3. The molecule has 6 nitrogen and oxygen atoms in total. The van der Waals surface area contributed by atoms with Crippen LogP contribution >= 0.6 is 15.9 Å². The third kappa shape index (κ3) is 6.43. The Hall–Kier alpha value is -3.16. The molecule has 1 saturated heterocycles. The maximum atomic E-state index is 12.7.